The van der Waals surface area contributed by atoms with Crippen molar-refractivity contribution in [3.63, 3.8) is 0 Å². The van der Waals surface area contributed by atoms with Gasteiger partial charge in [-0.25, -0.2) is 0 Å². The normalized spacial score (nSPS) is 24.7. The van der Waals surface area contributed by atoms with Crippen LogP contribution in [0.5, 0.6) is 0 Å². The Morgan fingerprint density at radius 3 is 2.91 bits per heavy atom. The summed E-state index contributed by atoms with van der Waals surface area (Å²) in [4.78, 5) is 5.23. The summed E-state index contributed by atoms with van der Waals surface area (Å²) >= 11 is 0. The minimum atomic E-state index is 0.869. The van der Waals surface area contributed by atoms with Crippen molar-refractivity contribution in [1.82, 2.24) is 9.80 Å². The molecule has 3 heteroatoms. The van der Waals surface area contributed by atoms with Gasteiger partial charge in [0, 0.05) is 38.4 Å². The van der Waals surface area contributed by atoms with Crippen LogP contribution in [0.1, 0.15) is 30.4 Å². The van der Waals surface area contributed by atoms with E-state index in [1.807, 2.05) is 0 Å². The van der Waals surface area contributed by atoms with Gasteiger partial charge in [0.15, 0.2) is 0 Å². The minimum absolute atomic E-state index is 0.869. The van der Waals surface area contributed by atoms with Crippen molar-refractivity contribution in [3.8, 4) is 0 Å². The van der Waals surface area contributed by atoms with Crippen LogP contribution in [0.4, 0.5) is 5.69 Å². The first-order valence-electron chi connectivity index (χ1n) is 9.03. The first-order chi connectivity index (χ1) is 10.8. The molecule has 3 aliphatic rings. The third kappa shape index (κ3) is 3.31. The molecule has 1 aromatic rings. The highest BCUT2D eigenvalue weighted by Gasteiger charge is 2.27. The van der Waals surface area contributed by atoms with Crippen molar-refractivity contribution in [2.24, 2.45) is 11.8 Å². The van der Waals surface area contributed by atoms with Crippen LogP contribution < -0.4 is 5.32 Å². The number of hydrogen-bond acceptors (Lipinski definition) is 3. The number of likely N-dealkylation sites (tertiary alicyclic amines) is 1. The Labute approximate surface area is 134 Å². The number of rotatable bonds is 6. The predicted octanol–water partition coefficient (Wildman–Crippen LogP) is 2.82. The summed E-state index contributed by atoms with van der Waals surface area (Å²) in [5, 5.41) is 3.58. The second kappa shape index (κ2) is 6.21. The second-order valence-corrected chi connectivity index (χ2v) is 7.68. The molecule has 2 aliphatic heterocycles. The molecule has 120 valence electrons. The second-order valence-electron chi connectivity index (χ2n) is 7.68. The first-order valence-corrected chi connectivity index (χ1v) is 9.03. The Hall–Kier alpha value is -1.06. The molecule has 1 N–H and O–H groups in total. The van der Waals surface area contributed by atoms with Gasteiger partial charge < -0.3 is 10.2 Å². The van der Waals surface area contributed by atoms with Crippen LogP contribution >= 0.6 is 0 Å². The maximum Gasteiger partial charge on any atom is 0.0419 e. The Balaban J connectivity index is 1.30. The molecule has 0 amide bonds. The van der Waals surface area contributed by atoms with Gasteiger partial charge >= 0.3 is 0 Å². The van der Waals surface area contributed by atoms with Crippen molar-refractivity contribution in [2.75, 3.05) is 45.1 Å². The van der Waals surface area contributed by atoms with Crippen LogP contribution in [0.25, 0.3) is 0 Å². The zero-order valence-electron chi connectivity index (χ0n) is 13.9. The molecule has 1 saturated carbocycles. The van der Waals surface area contributed by atoms with E-state index in [4.69, 9.17) is 0 Å². The maximum atomic E-state index is 3.58. The lowest BCUT2D eigenvalue weighted by molar-refractivity contribution is 0.253. The molecule has 4 rings (SSSR count). The molecule has 1 saturated heterocycles. The molecule has 1 aromatic carbocycles. The molecule has 0 aromatic heterocycles. The van der Waals surface area contributed by atoms with Gasteiger partial charge in [0.2, 0.25) is 0 Å². The fraction of sp³-hybridized carbons (Fsp3) is 0.684. The summed E-state index contributed by atoms with van der Waals surface area (Å²) in [5.74, 6) is 1.88. The average Bonchev–Trinajstić information content (AvgIpc) is 3.00. The fourth-order valence-corrected chi connectivity index (χ4v) is 4.25. The van der Waals surface area contributed by atoms with E-state index in [0.29, 0.717) is 0 Å². The smallest absolute Gasteiger partial charge is 0.0419 e. The molecule has 22 heavy (non-hydrogen) atoms. The predicted molar refractivity (Wildman–Crippen MR) is 92.2 cm³/mol. The summed E-state index contributed by atoms with van der Waals surface area (Å²) in [7, 11) is 2.31. The van der Waals surface area contributed by atoms with Gasteiger partial charge in [0.25, 0.3) is 0 Å². The number of benzene rings is 1. The Morgan fingerprint density at radius 2 is 2.05 bits per heavy atom. The molecular formula is C19H29N3. The number of para-hydroxylation sites is 1. The zero-order chi connectivity index (χ0) is 14.9. The lowest BCUT2D eigenvalue weighted by atomic mass is 10.1. The van der Waals surface area contributed by atoms with Gasteiger partial charge in [0.05, 0.1) is 0 Å². The topological polar surface area (TPSA) is 18.5 Å². The van der Waals surface area contributed by atoms with Crippen molar-refractivity contribution >= 4 is 5.69 Å². The van der Waals surface area contributed by atoms with Crippen LogP contribution in [0, 0.1) is 11.8 Å². The Kier molecular flexibility index (Phi) is 4.10. The highest BCUT2D eigenvalue weighted by atomic mass is 15.2. The molecular weight excluding hydrogens is 270 g/mol. The van der Waals surface area contributed by atoms with Crippen LogP contribution in [0.15, 0.2) is 18.2 Å². The van der Waals surface area contributed by atoms with E-state index >= 15 is 0 Å². The van der Waals surface area contributed by atoms with Gasteiger partial charge in [-0.15, -0.1) is 0 Å². The average molecular weight is 299 g/mol. The molecule has 0 radical (unpaired) electrons. The van der Waals surface area contributed by atoms with Crippen molar-refractivity contribution in [3.05, 3.63) is 29.3 Å². The maximum absolute atomic E-state index is 3.58. The molecule has 2 heterocycles. The Morgan fingerprint density at radius 1 is 1.18 bits per heavy atom. The molecule has 2 fully saturated rings. The molecule has 3 nitrogen and oxygen atoms in total. The Bertz CT molecular complexity index is 523. The lowest BCUT2D eigenvalue weighted by Gasteiger charge is -2.22. The quantitative estimate of drug-likeness (QED) is 0.871. The zero-order valence-corrected chi connectivity index (χ0v) is 13.9. The van der Waals surface area contributed by atoms with Gasteiger partial charge in [0.1, 0.15) is 0 Å². The van der Waals surface area contributed by atoms with Gasteiger partial charge in [-0.3, -0.25) is 4.90 Å². The molecule has 1 aliphatic carbocycles. The highest BCUT2D eigenvalue weighted by molar-refractivity contribution is 5.61. The highest BCUT2D eigenvalue weighted by Crippen LogP contribution is 2.31. The van der Waals surface area contributed by atoms with E-state index in [2.05, 4.69) is 40.4 Å². The number of nitrogens with zero attached hydrogens (tertiary/aromatic N) is 2. The molecule has 0 bridgehead atoms. The van der Waals surface area contributed by atoms with E-state index in [1.54, 1.807) is 0 Å². The summed E-state index contributed by atoms with van der Waals surface area (Å²) in [6, 6.07) is 6.82. The van der Waals surface area contributed by atoms with Crippen molar-refractivity contribution < 1.29 is 0 Å². The van der Waals surface area contributed by atoms with Gasteiger partial charge in [-0.05, 0) is 62.2 Å². The van der Waals surface area contributed by atoms with Crippen LogP contribution in [0.3, 0.4) is 0 Å². The summed E-state index contributed by atoms with van der Waals surface area (Å²) in [6.07, 6.45) is 5.50. The third-order valence-corrected chi connectivity index (χ3v) is 5.53. The molecule has 0 spiro atoms. The summed E-state index contributed by atoms with van der Waals surface area (Å²) in [6.45, 7) is 7.40. The van der Waals surface area contributed by atoms with Crippen LogP contribution in [0.2, 0.25) is 0 Å². The van der Waals surface area contributed by atoms with Crippen LogP contribution in [-0.4, -0.2) is 49.6 Å². The fourth-order valence-electron chi connectivity index (χ4n) is 4.25. The van der Waals surface area contributed by atoms with E-state index < -0.39 is 0 Å². The third-order valence-electron chi connectivity index (χ3n) is 5.53. The SMILES string of the molecule is CN(CC1CC1)CC1CCN(Cc2cccc3c2NCC3)C1. The van der Waals surface area contributed by atoms with Gasteiger partial charge in [-0.1, -0.05) is 18.2 Å². The first kappa shape index (κ1) is 14.5. The summed E-state index contributed by atoms with van der Waals surface area (Å²) < 4.78 is 0. The molecule has 1 unspecified atom stereocenters. The van der Waals surface area contributed by atoms with E-state index in [9.17, 15) is 0 Å². The minimum Gasteiger partial charge on any atom is -0.384 e. The van der Waals surface area contributed by atoms with Gasteiger partial charge in [-0.2, -0.15) is 0 Å². The summed E-state index contributed by atoms with van der Waals surface area (Å²) in [5.41, 5.74) is 4.44. The number of anilines is 1. The van der Waals surface area contributed by atoms with Crippen LogP contribution in [-0.2, 0) is 13.0 Å². The number of nitrogens with one attached hydrogen (secondary N) is 1. The van der Waals surface area contributed by atoms with Crippen molar-refractivity contribution in [2.45, 2.75) is 32.2 Å². The van der Waals surface area contributed by atoms with E-state index in [0.717, 1.165) is 24.9 Å². The van der Waals surface area contributed by atoms with Crippen molar-refractivity contribution in [1.29, 1.82) is 0 Å². The lowest BCUT2D eigenvalue weighted by Crippen LogP contribution is -2.29. The number of fused-ring (bicyclic) bond motifs is 1. The van der Waals surface area contributed by atoms with E-state index in [-0.39, 0.29) is 0 Å². The monoisotopic (exact) mass is 299 g/mol. The standard InChI is InChI=1S/C19H29N3/c1-21(11-15-5-6-15)12-16-8-10-22(13-16)14-18-4-2-3-17-7-9-20-19(17)18/h2-4,15-16,20H,5-14H2,1H3. The largest absolute Gasteiger partial charge is 0.384 e. The molecule has 1 atom stereocenters. The van der Waals surface area contributed by atoms with E-state index in [1.165, 1.54) is 68.7 Å². The number of hydrogen-bond donors (Lipinski definition) is 1.